The van der Waals surface area contributed by atoms with Gasteiger partial charge in [-0.2, -0.15) is 0 Å². The van der Waals surface area contributed by atoms with Crippen molar-refractivity contribution >= 4 is 6.02 Å². The normalized spacial score (nSPS) is 18.5. The first kappa shape index (κ1) is 17.6. The molecule has 3 aromatic heterocycles. The number of fused-ring (bicyclic) bond motifs is 4. The average Bonchev–Trinajstić information content (AvgIpc) is 3.22. The Morgan fingerprint density at radius 1 is 0.806 bits per heavy atom. The first-order chi connectivity index (χ1) is 15.2. The first-order valence-corrected chi connectivity index (χ1v) is 9.85. The molecule has 0 amide bonds. The van der Waals surface area contributed by atoms with E-state index in [1.807, 2.05) is 48.7 Å². The minimum Gasteiger partial charge on any atom is -0.462 e. The molecule has 0 saturated heterocycles. The van der Waals surface area contributed by atoms with Crippen LogP contribution in [-0.2, 0) is 10.3 Å². The van der Waals surface area contributed by atoms with Crippen molar-refractivity contribution in [1.82, 2.24) is 15.0 Å². The van der Waals surface area contributed by atoms with Gasteiger partial charge in [-0.05, 0) is 42.0 Å². The van der Waals surface area contributed by atoms with Gasteiger partial charge in [0.1, 0.15) is 12.4 Å². The third kappa shape index (κ3) is 2.74. The highest BCUT2D eigenvalue weighted by molar-refractivity contribution is 5.78. The van der Waals surface area contributed by atoms with Crippen molar-refractivity contribution in [2.24, 2.45) is 10.7 Å². The molecule has 2 N–H and O–H groups in total. The number of nitrogens with two attached hydrogens (primary N) is 1. The van der Waals surface area contributed by atoms with Crippen LogP contribution >= 0.6 is 0 Å². The predicted octanol–water partition coefficient (Wildman–Crippen LogP) is 3.90. The van der Waals surface area contributed by atoms with Gasteiger partial charge < -0.3 is 15.2 Å². The molecule has 1 aromatic carbocycles. The molecular weight excluding hydrogens is 390 g/mol. The number of hydrogen-bond acceptors (Lipinski definition) is 7. The van der Waals surface area contributed by atoms with Gasteiger partial charge in [-0.1, -0.05) is 12.1 Å². The highest BCUT2D eigenvalue weighted by Gasteiger charge is 2.47. The second kappa shape index (κ2) is 6.63. The zero-order chi connectivity index (χ0) is 20.8. The van der Waals surface area contributed by atoms with E-state index in [9.17, 15) is 0 Å². The van der Waals surface area contributed by atoms with Crippen LogP contribution in [0.25, 0.3) is 22.4 Å². The minimum atomic E-state index is -0.814. The Kier molecular flexibility index (Phi) is 3.76. The van der Waals surface area contributed by atoms with E-state index in [1.165, 1.54) is 0 Å². The number of amidine groups is 1. The topological polar surface area (TPSA) is 95.5 Å². The van der Waals surface area contributed by atoms with Crippen molar-refractivity contribution in [2.45, 2.75) is 5.54 Å². The smallest absolute Gasteiger partial charge is 0.283 e. The lowest BCUT2D eigenvalue weighted by atomic mass is 9.80. The molecule has 6 rings (SSSR count). The number of ether oxygens (including phenoxy) is 2. The average molecular weight is 407 g/mol. The predicted molar refractivity (Wildman–Crippen MR) is 116 cm³/mol. The highest BCUT2D eigenvalue weighted by atomic mass is 16.5. The van der Waals surface area contributed by atoms with Crippen LogP contribution in [0.3, 0.4) is 0 Å². The fraction of sp³-hybridized carbons (Fsp3) is 0.0833. The van der Waals surface area contributed by atoms with Gasteiger partial charge in [0.05, 0.1) is 11.9 Å². The van der Waals surface area contributed by atoms with Crippen LogP contribution in [0.5, 0.6) is 11.5 Å². The minimum absolute atomic E-state index is 0.158. The molecule has 5 heterocycles. The van der Waals surface area contributed by atoms with Crippen LogP contribution in [-0.4, -0.2) is 27.6 Å². The molecule has 0 aliphatic carbocycles. The molecule has 1 unspecified atom stereocenters. The molecule has 7 heteroatoms. The molecule has 2 aliphatic rings. The van der Waals surface area contributed by atoms with E-state index >= 15 is 0 Å². The van der Waals surface area contributed by atoms with Crippen molar-refractivity contribution in [3.63, 3.8) is 0 Å². The molecule has 0 radical (unpaired) electrons. The van der Waals surface area contributed by atoms with Gasteiger partial charge in [0.25, 0.3) is 6.02 Å². The maximum atomic E-state index is 6.22. The lowest BCUT2D eigenvalue weighted by molar-refractivity contribution is 0.264. The zero-order valence-electron chi connectivity index (χ0n) is 16.4. The van der Waals surface area contributed by atoms with Gasteiger partial charge in [-0.25, -0.2) is 4.99 Å². The zero-order valence-corrected chi connectivity index (χ0v) is 16.4. The van der Waals surface area contributed by atoms with Crippen LogP contribution in [0, 0.1) is 0 Å². The second-order valence-electron chi connectivity index (χ2n) is 7.46. The Bertz CT molecular complexity index is 1230. The van der Waals surface area contributed by atoms with Gasteiger partial charge in [-0.3, -0.25) is 15.0 Å². The van der Waals surface area contributed by atoms with E-state index in [1.54, 1.807) is 24.8 Å². The molecule has 7 nitrogen and oxygen atoms in total. The molecular formula is C24H17N5O2. The van der Waals surface area contributed by atoms with E-state index in [0.717, 1.165) is 33.5 Å². The Morgan fingerprint density at radius 2 is 1.58 bits per heavy atom. The fourth-order valence-corrected chi connectivity index (χ4v) is 4.15. The SMILES string of the molecule is NC1=NC2(CO1)c1cc(-c3cccnc3)ccc1Oc1cnc(-c3cccnc3)cc12. The molecule has 0 bridgehead atoms. The molecule has 0 fully saturated rings. The molecule has 0 saturated carbocycles. The van der Waals surface area contributed by atoms with Gasteiger partial charge in [0.2, 0.25) is 0 Å². The van der Waals surface area contributed by atoms with Crippen molar-refractivity contribution < 1.29 is 9.47 Å². The monoisotopic (exact) mass is 407 g/mol. The van der Waals surface area contributed by atoms with Crippen LogP contribution in [0.4, 0.5) is 0 Å². The summed E-state index contributed by atoms with van der Waals surface area (Å²) in [5.41, 5.74) is 10.7. The van der Waals surface area contributed by atoms with E-state index < -0.39 is 5.54 Å². The van der Waals surface area contributed by atoms with Crippen LogP contribution in [0.1, 0.15) is 11.1 Å². The quantitative estimate of drug-likeness (QED) is 0.541. The maximum Gasteiger partial charge on any atom is 0.283 e. The van der Waals surface area contributed by atoms with Crippen molar-refractivity contribution in [3.05, 3.63) is 90.6 Å². The van der Waals surface area contributed by atoms with E-state index in [0.29, 0.717) is 11.5 Å². The first-order valence-electron chi connectivity index (χ1n) is 9.85. The Balaban J connectivity index is 1.56. The fourth-order valence-electron chi connectivity index (χ4n) is 4.15. The molecule has 1 spiro atoms. The summed E-state index contributed by atoms with van der Waals surface area (Å²) in [6, 6.07) is 16.0. The highest BCUT2D eigenvalue weighted by Crippen LogP contribution is 2.52. The van der Waals surface area contributed by atoms with Gasteiger partial charge in [0.15, 0.2) is 11.3 Å². The third-order valence-electron chi connectivity index (χ3n) is 5.64. The molecule has 2 aliphatic heterocycles. The van der Waals surface area contributed by atoms with E-state index in [4.69, 9.17) is 20.2 Å². The van der Waals surface area contributed by atoms with Crippen molar-refractivity contribution in [2.75, 3.05) is 6.61 Å². The number of benzene rings is 1. The maximum absolute atomic E-state index is 6.22. The summed E-state index contributed by atoms with van der Waals surface area (Å²) >= 11 is 0. The molecule has 4 aromatic rings. The van der Waals surface area contributed by atoms with Crippen molar-refractivity contribution in [3.8, 4) is 33.9 Å². The van der Waals surface area contributed by atoms with Crippen LogP contribution in [0.2, 0.25) is 0 Å². The lowest BCUT2D eigenvalue weighted by Gasteiger charge is -2.33. The van der Waals surface area contributed by atoms with Crippen molar-refractivity contribution in [1.29, 1.82) is 0 Å². The summed E-state index contributed by atoms with van der Waals surface area (Å²) in [5, 5.41) is 0. The lowest BCUT2D eigenvalue weighted by Crippen LogP contribution is -2.31. The number of pyridine rings is 3. The van der Waals surface area contributed by atoms with E-state index in [-0.39, 0.29) is 12.6 Å². The number of rotatable bonds is 2. The van der Waals surface area contributed by atoms with Gasteiger partial charge in [-0.15, -0.1) is 0 Å². The number of aromatic nitrogens is 3. The Hall–Kier alpha value is -4.26. The number of hydrogen-bond donors (Lipinski definition) is 1. The summed E-state index contributed by atoms with van der Waals surface area (Å²) in [5.74, 6) is 1.34. The van der Waals surface area contributed by atoms with E-state index in [2.05, 4.69) is 21.0 Å². The summed E-state index contributed by atoms with van der Waals surface area (Å²) in [4.78, 5) is 17.8. The number of nitrogens with zero attached hydrogens (tertiary/aromatic N) is 4. The molecule has 150 valence electrons. The van der Waals surface area contributed by atoms with Crippen LogP contribution in [0.15, 0.2) is 84.5 Å². The largest absolute Gasteiger partial charge is 0.462 e. The summed E-state index contributed by atoms with van der Waals surface area (Å²) in [7, 11) is 0. The van der Waals surface area contributed by atoms with Crippen LogP contribution < -0.4 is 10.5 Å². The standard InChI is InChI=1S/C24H17N5O2/c25-23-29-24(14-30-23)18-9-15(16-3-1-7-26-11-16)5-6-21(18)31-22-13-28-20(10-19(22)24)17-4-2-8-27-12-17/h1-13H,14H2,(H2,25,29). The Morgan fingerprint density at radius 3 is 2.29 bits per heavy atom. The van der Waals surface area contributed by atoms with Gasteiger partial charge in [0, 0.05) is 47.0 Å². The summed E-state index contributed by atoms with van der Waals surface area (Å²) < 4.78 is 11.9. The second-order valence-corrected chi connectivity index (χ2v) is 7.46. The Labute approximate surface area is 178 Å². The summed E-state index contributed by atoms with van der Waals surface area (Å²) in [6.07, 6.45) is 8.83. The summed E-state index contributed by atoms with van der Waals surface area (Å²) in [6.45, 7) is 0.287. The third-order valence-corrected chi connectivity index (χ3v) is 5.64. The molecule has 1 atom stereocenters. The molecule has 31 heavy (non-hydrogen) atoms. The number of aliphatic imine (C=N–C) groups is 1. The van der Waals surface area contributed by atoms with Gasteiger partial charge >= 0.3 is 0 Å².